The number of rotatable bonds is 1. The molecule has 96 valence electrons. The standard InChI is InChI=1S/C19H14O/c20-12-13-5-6-15-10-16-8-7-14-3-1-2-4-18(14)19(16)11-17(15)9-13/h1-11,20H,12H2. The molecule has 0 radical (unpaired) electrons. The minimum absolute atomic E-state index is 0.0868. The van der Waals surface area contributed by atoms with E-state index in [9.17, 15) is 5.11 Å². The Balaban J connectivity index is 2.16. The van der Waals surface area contributed by atoms with Gasteiger partial charge in [-0.2, -0.15) is 0 Å². The maximum Gasteiger partial charge on any atom is 0.0682 e. The van der Waals surface area contributed by atoms with Crippen molar-refractivity contribution in [3.05, 3.63) is 72.3 Å². The second-order valence-electron chi connectivity index (χ2n) is 5.20. The van der Waals surface area contributed by atoms with Gasteiger partial charge in [-0.25, -0.2) is 0 Å². The van der Waals surface area contributed by atoms with E-state index in [1.54, 1.807) is 0 Å². The van der Waals surface area contributed by atoms with Gasteiger partial charge in [-0.15, -0.1) is 0 Å². The Bertz CT molecular complexity index is 938. The third kappa shape index (κ3) is 1.68. The first-order chi connectivity index (χ1) is 9.85. The summed E-state index contributed by atoms with van der Waals surface area (Å²) in [6.45, 7) is 0.0868. The molecule has 1 heteroatoms. The lowest BCUT2D eigenvalue weighted by Crippen LogP contribution is -1.84. The van der Waals surface area contributed by atoms with Gasteiger partial charge in [0.2, 0.25) is 0 Å². The molecule has 0 spiro atoms. The molecular weight excluding hydrogens is 244 g/mol. The Labute approximate surface area is 117 Å². The summed E-state index contributed by atoms with van der Waals surface area (Å²) in [6.07, 6.45) is 0. The maximum atomic E-state index is 9.28. The van der Waals surface area contributed by atoms with E-state index >= 15 is 0 Å². The summed E-state index contributed by atoms with van der Waals surface area (Å²) in [5.74, 6) is 0. The molecule has 0 aliphatic heterocycles. The van der Waals surface area contributed by atoms with Crippen LogP contribution < -0.4 is 0 Å². The summed E-state index contributed by atoms with van der Waals surface area (Å²) in [6, 6.07) is 23.4. The van der Waals surface area contributed by atoms with Crippen LogP contribution in [-0.2, 0) is 6.61 Å². The fourth-order valence-corrected chi connectivity index (χ4v) is 2.90. The zero-order chi connectivity index (χ0) is 13.5. The number of aliphatic hydroxyl groups excluding tert-OH is 1. The molecule has 0 atom stereocenters. The van der Waals surface area contributed by atoms with Crippen molar-refractivity contribution >= 4 is 32.3 Å². The third-order valence-corrected chi connectivity index (χ3v) is 3.95. The van der Waals surface area contributed by atoms with Gasteiger partial charge in [-0.3, -0.25) is 0 Å². The lowest BCUT2D eigenvalue weighted by atomic mass is 9.97. The highest BCUT2D eigenvalue weighted by Gasteiger charge is 2.03. The highest BCUT2D eigenvalue weighted by atomic mass is 16.3. The van der Waals surface area contributed by atoms with E-state index in [1.807, 2.05) is 6.07 Å². The Hall–Kier alpha value is -2.38. The molecule has 4 rings (SSSR count). The van der Waals surface area contributed by atoms with E-state index < -0.39 is 0 Å². The molecule has 1 nitrogen and oxygen atoms in total. The Morgan fingerprint density at radius 2 is 1.40 bits per heavy atom. The van der Waals surface area contributed by atoms with Gasteiger partial charge in [-0.05, 0) is 56.1 Å². The van der Waals surface area contributed by atoms with E-state index in [1.165, 1.54) is 32.3 Å². The van der Waals surface area contributed by atoms with Crippen molar-refractivity contribution in [1.82, 2.24) is 0 Å². The fraction of sp³-hybridized carbons (Fsp3) is 0.0526. The van der Waals surface area contributed by atoms with Gasteiger partial charge in [0.15, 0.2) is 0 Å². The van der Waals surface area contributed by atoms with Gasteiger partial charge >= 0.3 is 0 Å². The monoisotopic (exact) mass is 258 g/mol. The molecule has 0 aromatic heterocycles. The molecule has 0 fully saturated rings. The Morgan fingerprint density at radius 1 is 0.600 bits per heavy atom. The second-order valence-corrected chi connectivity index (χ2v) is 5.20. The fourth-order valence-electron chi connectivity index (χ4n) is 2.90. The van der Waals surface area contributed by atoms with Crippen LogP contribution >= 0.6 is 0 Å². The average molecular weight is 258 g/mol. The molecule has 0 aliphatic carbocycles. The molecule has 0 aliphatic rings. The van der Waals surface area contributed by atoms with Crippen LogP contribution in [-0.4, -0.2) is 5.11 Å². The van der Waals surface area contributed by atoms with Crippen LogP contribution in [0.25, 0.3) is 32.3 Å². The first kappa shape index (κ1) is 11.4. The third-order valence-electron chi connectivity index (χ3n) is 3.95. The molecule has 0 amide bonds. The smallest absolute Gasteiger partial charge is 0.0682 e. The quantitative estimate of drug-likeness (QED) is 0.389. The van der Waals surface area contributed by atoms with Crippen LogP contribution in [0.4, 0.5) is 0 Å². The molecular formula is C19H14O. The predicted molar refractivity (Wildman–Crippen MR) is 84.9 cm³/mol. The average Bonchev–Trinajstić information content (AvgIpc) is 2.52. The van der Waals surface area contributed by atoms with Crippen LogP contribution in [0.5, 0.6) is 0 Å². The van der Waals surface area contributed by atoms with Gasteiger partial charge in [0, 0.05) is 0 Å². The van der Waals surface area contributed by atoms with Crippen LogP contribution in [0.15, 0.2) is 66.7 Å². The van der Waals surface area contributed by atoms with E-state index in [-0.39, 0.29) is 6.61 Å². The lowest BCUT2D eigenvalue weighted by molar-refractivity contribution is 0.282. The maximum absolute atomic E-state index is 9.28. The predicted octanol–water partition coefficient (Wildman–Crippen LogP) is 4.64. The van der Waals surface area contributed by atoms with Crippen molar-refractivity contribution in [2.24, 2.45) is 0 Å². The summed E-state index contributed by atoms with van der Waals surface area (Å²) in [5.41, 5.74) is 0.956. The van der Waals surface area contributed by atoms with Gasteiger partial charge in [0.1, 0.15) is 0 Å². The normalized spacial score (nSPS) is 11.4. The topological polar surface area (TPSA) is 20.2 Å². The lowest BCUT2D eigenvalue weighted by Gasteiger charge is -2.07. The van der Waals surface area contributed by atoms with Crippen molar-refractivity contribution < 1.29 is 5.11 Å². The minimum Gasteiger partial charge on any atom is -0.392 e. The Kier molecular flexibility index (Phi) is 2.48. The van der Waals surface area contributed by atoms with Crippen molar-refractivity contribution in [2.45, 2.75) is 6.61 Å². The van der Waals surface area contributed by atoms with Crippen LogP contribution in [0.2, 0.25) is 0 Å². The van der Waals surface area contributed by atoms with E-state index in [2.05, 4.69) is 60.7 Å². The first-order valence-electron chi connectivity index (χ1n) is 6.80. The second kappa shape index (κ2) is 4.32. The van der Waals surface area contributed by atoms with E-state index in [0.29, 0.717) is 0 Å². The zero-order valence-electron chi connectivity index (χ0n) is 11.0. The van der Waals surface area contributed by atoms with Gasteiger partial charge < -0.3 is 5.11 Å². The van der Waals surface area contributed by atoms with Crippen LogP contribution in [0.3, 0.4) is 0 Å². The summed E-state index contributed by atoms with van der Waals surface area (Å²) < 4.78 is 0. The van der Waals surface area contributed by atoms with Crippen LogP contribution in [0.1, 0.15) is 5.56 Å². The van der Waals surface area contributed by atoms with E-state index in [4.69, 9.17) is 0 Å². The molecule has 1 N–H and O–H groups in total. The zero-order valence-corrected chi connectivity index (χ0v) is 11.0. The van der Waals surface area contributed by atoms with Gasteiger partial charge in [0.25, 0.3) is 0 Å². The van der Waals surface area contributed by atoms with Crippen molar-refractivity contribution in [1.29, 1.82) is 0 Å². The highest BCUT2D eigenvalue weighted by molar-refractivity contribution is 6.12. The summed E-state index contributed by atoms with van der Waals surface area (Å²) in [5, 5.41) is 16.7. The number of aliphatic hydroxyl groups is 1. The number of benzene rings is 4. The molecule has 0 saturated carbocycles. The van der Waals surface area contributed by atoms with Crippen molar-refractivity contribution in [2.75, 3.05) is 0 Å². The van der Waals surface area contributed by atoms with Crippen molar-refractivity contribution in [3.63, 3.8) is 0 Å². The molecule has 20 heavy (non-hydrogen) atoms. The van der Waals surface area contributed by atoms with Gasteiger partial charge in [0.05, 0.1) is 6.61 Å². The summed E-state index contributed by atoms with van der Waals surface area (Å²) in [7, 11) is 0. The summed E-state index contributed by atoms with van der Waals surface area (Å²) in [4.78, 5) is 0. The largest absolute Gasteiger partial charge is 0.392 e. The van der Waals surface area contributed by atoms with E-state index in [0.717, 1.165) is 5.56 Å². The Morgan fingerprint density at radius 3 is 2.30 bits per heavy atom. The first-order valence-corrected chi connectivity index (χ1v) is 6.80. The molecule has 0 saturated heterocycles. The SMILES string of the molecule is OCc1ccc2cc3ccc4ccccc4c3cc2c1. The molecule has 0 heterocycles. The van der Waals surface area contributed by atoms with Crippen LogP contribution in [0, 0.1) is 0 Å². The van der Waals surface area contributed by atoms with Gasteiger partial charge in [-0.1, -0.05) is 48.5 Å². The molecule has 4 aromatic rings. The number of hydrogen-bond acceptors (Lipinski definition) is 1. The minimum atomic E-state index is 0.0868. The molecule has 0 unspecified atom stereocenters. The highest BCUT2D eigenvalue weighted by Crippen LogP contribution is 2.29. The number of hydrogen-bond donors (Lipinski definition) is 1. The molecule has 4 aromatic carbocycles. The number of fused-ring (bicyclic) bond motifs is 4. The van der Waals surface area contributed by atoms with Crippen molar-refractivity contribution in [3.8, 4) is 0 Å². The summed E-state index contributed by atoms with van der Waals surface area (Å²) >= 11 is 0. The molecule has 0 bridgehead atoms.